The molecule has 0 amide bonds. The Morgan fingerprint density at radius 3 is 2.73 bits per heavy atom. The third-order valence-corrected chi connectivity index (χ3v) is 1.61. The average Bonchev–Trinajstić information content (AvgIpc) is 2.34. The predicted molar refractivity (Wildman–Crippen MR) is 46.4 cm³/mol. The third kappa shape index (κ3) is 2.37. The van der Waals surface area contributed by atoms with Crippen LogP contribution in [0.15, 0.2) is 12.3 Å². The Hall–Kier alpha value is -0.790. The highest BCUT2D eigenvalue weighted by Gasteiger charge is 1.98. The van der Waals surface area contributed by atoms with Crippen molar-refractivity contribution in [3.63, 3.8) is 0 Å². The van der Waals surface area contributed by atoms with Crippen molar-refractivity contribution in [1.82, 2.24) is 9.78 Å². The molecule has 2 nitrogen and oxygen atoms in total. The van der Waals surface area contributed by atoms with Gasteiger partial charge in [0.15, 0.2) is 0 Å². The van der Waals surface area contributed by atoms with Crippen molar-refractivity contribution in [2.24, 2.45) is 5.92 Å². The predicted octanol–water partition coefficient (Wildman–Crippen LogP) is 2.10. The summed E-state index contributed by atoms with van der Waals surface area (Å²) in [5.74, 6) is 0.680. The minimum Gasteiger partial charge on any atom is -0.272 e. The molecule has 0 spiro atoms. The van der Waals surface area contributed by atoms with E-state index in [-0.39, 0.29) is 0 Å². The van der Waals surface area contributed by atoms with Crippen LogP contribution in [0.25, 0.3) is 0 Å². The molecule has 1 aromatic rings. The van der Waals surface area contributed by atoms with Gasteiger partial charge >= 0.3 is 0 Å². The van der Waals surface area contributed by atoms with E-state index in [1.165, 1.54) is 5.69 Å². The molecule has 11 heavy (non-hydrogen) atoms. The molecule has 0 aliphatic heterocycles. The van der Waals surface area contributed by atoms with Gasteiger partial charge in [0.2, 0.25) is 0 Å². The smallest absolute Gasteiger partial charge is 0.0621 e. The summed E-state index contributed by atoms with van der Waals surface area (Å²) < 4.78 is 2.02. The second-order valence-corrected chi connectivity index (χ2v) is 3.28. The number of aryl methyl sites for hydroxylation is 1. The van der Waals surface area contributed by atoms with E-state index in [2.05, 4.69) is 38.1 Å². The van der Waals surface area contributed by atoms with E-state index in [0.717, 1.165) is 13.0 Å². The number of aromatic nitrogens is 2. The molecular formula is C9H16N2. The van der Waals surface area contributed by atoms with Crippen LogP contribution < -0.4 is 0 Å². The lowest BCUT2D eigenvalue weighted by Gasteiger charge is -2.03. The Kier molecular flexibility index (Phi) is 2.69. The molecule has 2 heteroatoms. The first-order valence-electron chi connectivity index (χ1n) is 4.24. The highest BCUT2D eigenvalue weighted by molar-refractivity contribution is 4.97. The summed E-state index contributed by atoms with van der Waals surface area (Å²) >= 11 is 0. The molecule has 0 unspecified atom stereocenters. The van der Waals surface area contributed by atoms with Gasteiger partial charge in [-0.05, 0) is 18.4 Å². The summed E-state index contributed by atoms with van der Waals surface area (Å²) in [5.41, 5.74) is 1.19. The SMILES string of the molecule is CCc1ccn(CC(C)C)n1. The number of rotatable bonds is 3. The monoisotopic (exact) mass is 152 g/mol. The molecular weight excluding hydrogens is 136 g/mol. The van der Waals surface area contributed by atoms with E-state index in [1.807, 2.05) is 4.68 Å². The normalized spacial score (nSPS) is 10.9. The Bertz CT molecular complexity index is 213. The number of hydrogen-bond donors (Lipinski definition) is 0. The van der Waals surface area contributed by atoms with Crippen LogP contribution >= 0.6 is 0 Å². The molecule has 1 heterocycles. The summed E-state index contributed by atoms with van der Waals surface area (Å²) in [6.45, 7) is 7.56. The lowest BCUT2D eigenvalue weighted by atomic mass is 10.2. The fourth-order valence-corrected chi connectivity index (χ4v) is 1.07. The van der Waals surface area contributed by atoms with Crippen molar-refractivity contribution in [3.8, 4) is 0 Å². The van der Waals surface area contributed by atoms with Crippen molar-refractivity contribution in [3.05, 3.63) is 18.0 Å². The summed E-state index contributed by atoms with van der Waals surface area (Å²) in [4.78, 5) is 0. The van der Waals surface area contributed by atoms with Crippen LogP contribution in [0.3, 0.4) is 0 Å². The first kappa shape index (κ1) is 8.31. The molecule has 0 aromatic carbocycles. The van der Waals surface area contributed by atoms with Gasteiger partial charge in [0, 0.05) is 12.7 Å². The van der Waals surface area contributed by atoms with Gasteiger partial charge in [0.1, 0.15) is 0 Å². The first-order valence-corrected chi connectivity index (χ1v) is 4.24. The number of hydrogen-bond acceptors (Lipinski definition) is 1. The van der Waals surface area contributed by atoms with Gasteiger partial charge in [-0.15, -0.1) is 0 Å². The van der Waals surface area contributed by atoms with Crippen LogP contribution in [0, 0.1) is 5.92 Å². The Morgan fingerprint density at radius 1 is 1.55 bits per heavy atom. The Morgan fingerprint density at radius 2 is 2.27 bits per heavy atom. The number of nitrogens with zero attached hydrogens (tertiary/aromatic N) is 2. The molecule has 0 N–H and O–H groups in total. The zero-order valence-corrected chi connectivity index (χ0v) is 7.54. The molecule has 0 bridgehead atoms. The van der Waals surface area contributed by atoms with E-state index < -0.39 is 0 Å². The molecule has 0 aliphatic carbocycles. The van der Waals surface area contributed by atoms with E-state index in [9.17, 15) is 0 Å². The molecule has 62 valence electrons. The van der Waals surface area contributed by atoms with E-state index >= 15 is 0 Å². The summed E-state index contributed by atoms with van der Waals surface area (Å²) in [5, 5.41) is 4.39. The average molecular weight is 152 g/mol. The van der Waals surface area contributed by atoms with Gasteiger partial charge in [-0.1, -0.05) is 20.8 Å². The van der Waals surface area contributed by atoms with Crippen molar-refractivity contribution >= 4 is 0 Å². The van der Waals surface area contributed by atoms with Crippen LogP contribution in [-0.2, 0) is 13.0 Å². The maximum absolute atomic E-state index is 4.39. The fraction of sp³-hybridized carbons (Fsp3) is 0.667. The van der Waals surface area contributed by atoms with Crippen molar-refractivity contribution < 1.29 is 0 Å². The van der Waals surface area contributed by atoms with E-state index in [1.54, 1.807) is 0 Å². The maximum atomic E-state index is 4.39. The largest absolute Gasteiger partial charge is 0.272 e. The molecule has 0 fully saturated rings. The lowest BCUT2D eigenvalue weighted by molar-refractivity contribution is 0.480. The third-order valence-electron chi connectivity index (χ3n) is 1.61. The van der Waals surface area contributed by atoms with E-state index in [4.69, 9.17) is 0 Å². The fourth-order valence-electron chi connectivity index (χ4n) is 1.07. The van der Waals surface area contributed by atoms with Gasteiger partial charge in [-0.25, -0.2) is 0 Å². The van der Waals surface area contributed by atoms with Gasteiger partial charge in [0.25, 0.3) is 0 Å². The lowest BCUT2D eigenvalue weighted by Crippen LogP contribution is -2.04. The maximum Gasteiger partial charge on any atom is 0.0621 e. The summed E-state index contributed by atoms with van der Waals surface area (Å²) in [7, 11) is 0. The van der Waals surface area contributed by atoms with Crippen molar-refractivity contribution in [2.75, 3.05) is 0 Å². The molecule has 0 saturated heterocycles. The van der Waals surface area contributed by atoms with Crippen LogP contribution in [0.1, 0.15) is 26.5 Å². The van der Waals surface area contributed by atoms with Gasteiger partial charge in [-0.3, -0.25) is 4.68 Å². The van der Waals surface area contributed by atoms with Gasteiger partial charge < -0.3 is 0 Å². The highest BCUT2D eigenvalue weighted by atomic mass is 15.3. The summed E-state index contributed by atoms with van der Waals surface area (Å²) in [6.07, 6.45) is 3.09. The minimum atomic E-state index is 0.680. The molecule has 0 saturated carbocycles. The van der Waals surface area contributed by atoms with Crippen molar-refractivity contribution in [1.29, 1.82) is 0 Å². The van der Waals surface area contributed by atoms with E-state index in [0.29, 0.717) is 5.92 Å². The first-order chi connectivity index (χ1) is 5.22. The Labute approximate surface area is 68.2 Å². The minimum absolute atomic E-state index is 0.680. The quantitative estimate of drug-likeness (QED) is 0.648. The van der Waals surface area contributed by atoms with Crippen LogP contribution in [0.5, 0.6) is 0 Å². The topological polar surface area (TPSA) is 17.8 Å². The van der Waals surface area contributed by atoms with Crippen LogP contribution in [0.4, 0.5) is 0 Å². The Balaban J connectivity index is 2.58. The second kappa shape index (κ2) is 3.56. The zero-order chi connectivity index (χ0) is 8.27. The van der Waals surface area contributed by atoms with Crippen LogP contribution in [-0.4, -0.2) is 9.78 Å². The highest BCUT2D eigenvalue weighted by Crippen LogP contribution is 2.00. The molecule has 0 radical (unpaired) electrons. The molecule has 0 aliphatic rings. The molecule has 0 atom stereocenters. The second-order valence-electron chi connectivity index (χ2n) is 3.28. The molecule has 1 rings (SSSR count). The van der Waals surface area contributed by atoms with Crippen molar-refractivity contribution in [2.45, 2.75) is 33.7 Å². The zero-order valence-electron chi connectivity index (χ0n) is 7.54. The molecule has 1 aromatic heterocycles. The summed E-state index contributed by atoms with van der Waals surface area (Å²) in [6, 6.07) is 2.09. The standard InChI is InChI=1S/C9H16N2/c1-4-9-5-6-11(10-9)7-8(2)3/h5-6,8H,4,7H2,1-3H3. The van der Waals surface area contributed by atoms with Crippen LogP contribution in [0.2, 0.25) is 0 Å². The van der Waals surface area contributed by atoms with Gasteiger partial charge in [-0.2, -0.15) is 5.10 Å². The van der Waals surface area contributed by atoms with Gasteiger partial charge in [0.05, 0.1) is 5.69 Å².